The fourth-order valence-electron chi connectivity index (χ4n) is 1.13. The van der Waals surface area contributed by atoms with Gasteiger partial charge in [0.25, 0.3) is 0 Å². The van der Waals surface area contributed by atoms with Crippen LogP contribution in [0.1, 0.15) is 52.4 Å². The van der Waals surface area contributed by atoms with Crippen LogP contribution in [0.2, 0.25) is 0 Å². The summed E-state index contributed by atoms with van der Waals surface area (Å²) in [6.07, 6.45) is 8.01. The van der Waals surface area contributed by atoms with Crippen molar-refractivity contribution in [1.29, 1.82) is 0 Å². The quantitative estimate of drug-likeness (QED) is 0.527. The Morgan fingerprint density at radius 2 is 1.40 bits per heavy atom. The minimum atomic E-state index is 0.722. The molecule has 0 heterocycles. The molecule has 0 rings (SSSR count). The van der Waals surface area contributed by atoms with E-state index < -0.39 is 0 Å². The van der Waals surface area contributed by atoms with Gasteiger partial charge in [0.1, 0.15) is 0 Å². The fraction of sp³-hybridized carbons (Fsp3) is 0.900. The zero-order chi connectivity index (χ0) is 7.82. The van der Waals surface area contributed by atoms with Gasteiger partial charge in [0.2, 0.25) is 0 Å². The molecule has 0 atom stereocenters. The first-order valence-corrected chi connectivity index (χ1v) is 4.64. The van der Waals surface area contributed by atoms with Crippen LogP contribution in [-0.4, -0.2) is 0 Å². The monoisotopic (exact) mass is 141 g/mol. The van der Waals surface area contributed by atoms with Gasteiger partial charge in [0.05, 0.1) is 0 Å². The second-order valence-electron chi connectivity index (χ2n) is 3.15. The van der Waals surface area contributed by atoms with Crippen molar-refractivity contribution in [2.75, 3.05) is 0 Å². The van der Waals surface area contributed by atoms with Gasteiger partial charge in [0.15, 0.2) is 0 Å². The average Bonchev–Trinajstić information content (AvgIpc) is 1.97. The molecule has 0 unspecified atom stereocenters. The molecule has 0 aromatic carbocycles. The van der Waals surface area contributed by atoms with Gasteiger partial charge in [-0.15, -0.1) is 0 Å². The van der Waals surface area contributed by atoms with Gasteiger partial charge in [-0.2, -0.15) is 0 Å². The Morgan fingerprint density at radius 3 is 1.70 bits per heavy atom. The zero-order valence-corrected chi connectivity index (χ0v) is 7.53. The molecule has 0 N–H and O–H groups in total. The Labute approximate surface area is 66.0 Å². The van der Waals surface area contributed by atoms with E-state index in [9.17, 15) is 0 Å². The van der Waals surface area contributed by atoms with Crippen LogP contribution in [0.25, 0.3) is 0 Å². The second-order valence-corrected chi connectivity index (χ2v) is 3.15. The van der Waals surface area contributed by atoms with Crippen LogP contribution in [0.5, 0.6) is 0 Å². The van der Waals surface area contributed by atoms with Crippen molar-refractivity contribution < 1.29 is 0 Å². The molecule has 0 aliphatic heterocycles. The van der Waals surface area contributed by atoms with Crippen LogP contribution in [0.15, 0.2) is 0 Å². The topological polar surface area (TPSA) is 0 Å². The lowest BCUT2D eigenvalue weighted by Crippen LogP contribution is -1.93. The van der Waals surface area contributed by atoms with E-state index in [1.54, 1.807) is 0 Å². The lowest BCUT2D eigenvalue weighted by atomic mass is 9.98. The molecule has 0 aromatic heterocycles. The summed E-state index contributed by atoms with van der Waals surface area (Å²) in [5.74, 6) is 0.722. The maximum atomic E-state index is 4.11. The van der Waals surface area contributed by atoms with E-state index in [0.717, 1.165) is 5.92 Å². The smallest absolute Gasteiger partial charge is 0.0414 e. The highest BCUT2D eigenvalue weighted by molar-refractivity contribution is 4.60. The molecule has 0 amide bonds. The van der Waals surface area contributed by atoms with E-state index in [2.05, 4.69) is 20.8 Å². The number of hydrogen-bond donors (Lipinski definition) is 0. The first-order valence-electron chi connectivity index (χ1n) is 4.64. The predicted octanol–water partition coefficient (Wildman–Crippen LogP) is 3.82. The summed E-state index contributed by atoms with van der Waals surface area (Å²) < 4.78 is 0. The predicted molar refractivity (Wildman–Crippen MR) is 47.9 cm³/mol. The van der Waals surface area contributed by atoms with Gasteiger partial charge in [-0.3, -0.25) is 0 Å². The summed E-state index contributed by atoms with van der Waals surface area (Å²) in [5, 5.41) is 0. The Balaban J connectivity index is 3.00. The molecule has 0 aromatic rings. The van der Waals surface area contributed by atoms with Crippen molar-refractivity contribution in [3.63, 3.8) is 0 Å². The Hall–Kier alpha value is 0. The molecule has 0 bridgehead atoms. The normalized spacial score (nSPS) is 10.8. The van der Waals surface area contributed by atoms with Gasteiger partial charge >= 0.3 is 0 Å². The van der Waals surface area contributed by atoms with Gasteiger partial charge in [-0.1, -0.05) is 59.3 Å². The molecule has 0 fully saturated rings. The lowest BCUT2D eigenvalue weighted by molar-refractivity contribution is 0.494. The summed E-state index contributed by atoms with van der Waals surface area (Å²) in [6.45, 7) is 8.60. The molecule has 0 saturated carbocycles. The highest BCUT2D eigenvalue weighted by atomic mass is 14.0. The first-order chi connectivity index (χ1) is 4.81. The molecule has 0 saturated heterocycles. The summed E-state index contributed by atoms with van der Waals surface area (Å²) in [5.41, 5.74) is 0. The van der Waals surface area contributed by atoms with Crippen LogP contribution >= 0.6 is 0 Å². The minimum absolute atomic E-state index is 0.722. The highest BCUT2D eigenvalue weighted by Crippen LogP contribution is 2.13. The van der Waals surface area contributed by atoms with Crippen LogP contribution < -0.4 is 0 Å². The van der Waals surface area contributed by atoms with Crippen molar-refractivity contribution in [3.05, 3.63) is 6.92 Å². The molecule has 0 spiro atoms. The zero-order valence-electron chi connectivity index (χ0n) is 7.53. The third kappa shape index (κ3) is 6.12. The average molecular weight is 141 g/mol. The van der Waals surface area contributed by atoms with Crippen LogP contribution in [-0.2, 0) is 0 Å². The Morgan fingerprint density at radius 1 is 1.00 bits per heavy atom. The van der Waals surface area contributed by atoms with Crippen LogP contribution in [0.3, 0.4) is 0 Å². The SMILES string of the molecule is [CH2]C(CCCC)CCCC. The van der Waals surface area contributed by atoms with Crippen LogP contribution in [0.4, 0.5) is 0 Å². The van der Waals surface area contributed by atoms with E-state index in [0.29, 0.717) is 0 Å². The molecular formula is C10H21. The summed E-state index contributed by atoms with van der Waals surface area (Å²) >= 11 is 0. The largest absolute Gasteiger partial charge is 0.0654 e. The maximum Gasteiger partial charge on any atom is -0.0414 e. The highest BCUT2D eigenvalue weighted by Gasteiger charge is 1.98. The number of rotatable bonds is 6. The Bertz CT molecular complexity index is 49.1. The van der Waals surface area contributed by atoms with Crippen molar-refractivity contribution >= 4 is 0 Å². The van der Waals surface area contributed by atoms with E-state index in [1.165, 1.54) is 38.5 Å². The molecule has 1 radical (unpaired) electrons. The van der Waals surface area contributed by atoms with E-state index in [1.807, 2.05) is 0 Å². The number of hydrogen-bond acceptors (Lipinski definition) is 0. The molecule has 0 heteroatoms. The fourth-order valence-corrected chi connectivity index (χ4v) is 1.13. The van der Waals surface area contributed by atoms with E-state index >= 15 is 0 Å². The van der Waals surface area contributed by atoms with E-state index in [-0.39, 0.29) is 0 Å². The molecule has 0 nitrogen and oxygen atoms in total. The number of unbranched alkanes of at least 4 members (excludes halogenated alkanes) is 2. The molecule has 61 valence electrons. The summed E-state index contributed by atoms with van der Waals surface area (Å²) in [7, 11) is 0. The lowest BCUT2D eigenvalue weighted by Gasteiger charge is -2.08. The van der Waals surface area contributed by atoms with Crippen molar-refractivity contribution in [2.45, 2.75) is 52.4 Å². The van der Waals surface area contributed by atoms with Gasteiger partial charge < -0.3 is 0 Å². The summed E-state index contributed by atoms with van der Waals surface area (Å²) in [4.78, 5) is 0. The molecular weight excluding hydrogens is 120 g/mol. The maximum absolute atomic E-state index is 4.11. The second kappa shape index (κ2) is 7.11. The first kappa shape index (κ1) is 10.0. The summed E-state index contributed by atoms with van der Waals surface area (Å²) in [6, 6.07) is 0. The third-order valence-corrected chi connectivity index (χ3v) is 1.93. The van der Waals surface area contributed by atoms with E-state index in [4.69, 9.17) is 0 Å². The molecule has 0 aliphatic rings. The van der Waals surface area contributed by atoms with Crippen molar-refractivity contribution in [1.82, 2.24) is 0 Å². The third-order valence-electron chi connectivity index (χ3n) is 1.93. The molecule has 10 heavy (non-hydrogen) atoms. The van der Waals surface area contributed by atoms with Crippen molar-refractivity contribution in [2.24, 2.45) is 5.92 Å². The Kier molecular flexibility index (Phi) is 7.11. The standard InChI is InChI=1S/C10H21/c1-4-6-8-10(3)9-7-5-2/h10H,3-9H2,1-2H3. The van der Waals surface area contributed by atoms with Crippen LogP contribution in [0, 0.1) is 12.8 Å². The van der Waals surface area contributed by atoms with Gasteiger partial charge in [0, 0.05) is 0 Å². The van der Waals surface area contributed by atoms with Gasteiger partial charge in [-0.05, 0) is 5.92 Å². The van der Waals surface area contributed by atoms with Crippen molar-refractivity contribution in [3.8, 4) is 0 Å². The van der Waals surface area contributed by atoms with Gasteiger partial charge in [-0.25, -0.2) is 0 Å². The molecule has 0 aliphatic carbocycles. The minimum Gasteiger partial charge on any atom is -0.0654 e.